The van der Waals surface area contributed by atoms with Crippen LogP contribution in [0.5, 0.6) is 0 Å². The number of anilines is 1. The largest absolute Gasteiger partial charge is 0.337 e. The fraction of sp³-hybridized carbons (Fsp3) is 0.500. The van der Waals surface area contributed by atoms with E-state index < -0.39 is 0 Å². The summed E-state index contributed by atoms with van der Waals surface area (Å²) in [7, 11) is 0. The summed E-state index contributed by atoms with van der Waals surface area (Å²) in [4.78, 5) is 16.1. The Balaban J connectivity index is 1.47. The first-order valence-electron chi connectivity index (χ1n) is 6.55. The number of rotatable bonds is 3. The van der Waals surface area contributed by atoms with Gasteiger partial charge in [-0.3, -0.25) is 5.32 Å². The van der Waals surface area contributed by atoms with Gasteiger partial charge in [0, 0.05) is 31.9 Å². The van der Waals surface area contributed by atoms with Crippen LogP contribution < -0.4 is 10.6 Å². The number of imidazole rings is 1. The number of carbonyl (C=O) groups is 1. The molecule has 1 aliphatic rings. The van der Waals surface area contributed by atoms with Crippen LogP contribution >= 0.6 is 11.3 Å². The molecule has 2 N–H and O–H groups in total. The van der Waals surface area contributed by atoms with E-state index in [9.17, 15) is 4.79 Å². The molecule has 0 radical (unpaired) electrons. The minimum absolute atomic E-state index is 0.224. The number of hydrogen-bond acceptors (Lipinski definition) is 5. The molecule has 1 aliphatic heterocycles. The van der Waals surface area contributed by atoms with Crippen LogP contribution in [0.3, 0.4) is 0 Å². The highest BCUT2D eigenvalue weighted by Crippen LogP contribution is 2.18. The van der Waals surface area contributed by atoms with Gasteiger partial charge in [0.2, 0.25) is 5.13 Å². The van der Waals surface area contributed by atoms with Gasteiger partial charge in [0.15, 0.2) is 0 Å². The van der Waals surface area contributed by atoms with E-state index in [4.69, 9.17) is 0 Å². The zero-order valence-electron chi connectivity index (χ0n) is 11.2. The first-order chi connectivity index (χ1) is 9.70. The maximum atomic E-state index is 11.8. The lowest BCUT2D eigenvalue weighted by Crippen LogP contribution is -2.36. The van der Waals surface area contributed by atoms with Crippen LogP contribution in [0, 0.1) is 12.8 Å². The van der Waals surface area contributed by atoms with E-state index in [0.29, 0.717) is 17.6 Å². The zero-order valence-corrected chi connectivity index (χ0v) is 12.0. The van der Waals surface area contributed by atoms with Gasteiger partial charge in [-0.15, -0.1) is 10.2 Å². The van der Waals surface area contributed by atoms with Crippen LogP contribution in [-0.4, -0.2) is 32.3 Å². The fourth-order valence-electron chi connectivity index (χ4n) is 2.33. The normalized spacial score (nSPS) is 17.6. The Labute approximate surface area is 120 Å². The maximum absolute atomic E-state index is 11.8. The summed E-state index contributed by atoms with van der Waals surface area (Å²) in [5.74, 6) is 1.58. The van der Waals surface area contributed by atoms with Crippen LogP contribution in [0.2, 0.25) is 0 Å². The molecule has 3 heterocycles. The molecule has 3 rings (SSSR count). The Hall–Kier alpha value is -1.96. The second-order valence-corrected chi connectivity index (χ2v) is 6.04. The molecule has 2 aromatic heterocycles. The molecule has 2 amide bonds. The lowest BCUT2D eigenvalue weighted by molar-refractivity contribution is 0.247. The van der Waals surface area contributed by atoms with Crippen LogP contribution in [0.15, 0.2) is 12.4 Å². The summed E-state index contributed by atoms with van der Waals surface area (Å²) in [5.41, 5.74) is 0. The Morgan fingerprint density at radius 1 is 1.55 bits per heavy atom. The van der Waals surface area contributed by atoms with Crippen molar-refractivity contribution in [1.82, 2.24) is 25.1 Å². The van der Waals surface area contributed by atoms with Crippen molar-refractivity contribution in [3.63, 3.8) is 0 Å². The van der Waals surface area contributed by atoms with Gasteiger partial charge < -0.3 is 9.88 Å². The van der Waals surface area contributed by atoms with Gasteiger partial charge >= 0.3 is 6.03 Å². The molecule has 0 aliphatic carbocycles. The molecule has 0 unspecified atom stereocenters. The summed E-state index contributed by atoms with van der Waals surface area (Å²) in [6.45, 7) is 3.42. The number of urea groups is 1. The second-order valence-electron chi connectivity index (χ2n) is 4.86. The molecule has 7 nitrogen and oxygen atoms in total. The first kappa shape index (κ1) is 13.0. The quantitative estimate of drug-likeness (QED) is 0.896. The topological polar surface area (TPSA) is 84.7 Å². The van der Waals surface area contributed by atoms with Crippen LogP contribution in [0.25, 0.3) is 0 Å². The minimum Gasteiger partial charge on any atom is -0.337 e. The lowest BCUT2D eigenvalue weighted by Gasteiger charge is -2.23. The number of amides is 2. The molecule has 8 heteroatoms. The second kappa shape index (κ2) is 5.58. The summed E-state index contributed by atoms with van der Waals surface area (Å²) in [5, 5.41) is 14.7. The monoisotopic (exact) mass is 292 g/mol. The highest BCUT2D eigenvalue weighted by atomic mass is 32.1. The third-order valence-corrected chi connectivity index (χ3v) is 4.08. The minimum atomic E-state index is -0.224. The van der Waals surface area contributed by atoms with E-state index in [-0.39, 0.29) is 6.03 Å². The van der Waals surface area contributed by atoms with E-state index in [1.165, 1.54) is 11.3 Å². The number of fused-ring (bicyclic) bond motifs is 1. The molecule has 0 spiro atoms. The first-order valence-corrected chi connectivity index (χ1v) is 7.37. The van der Waals surface area contributed by atoms with E-state index >= 15 is 0 Å². The zero-order chi connectivity index (χ0) is 13.9. The molecule has 20 heavy (non-hydrogen) atoms. The third-order valence-electron chi connectivity index (χ3n) is 3.33. The molecule has 1 atom stereocenters. The maximum Gasteiger partial charge on any atom is 0.321 e. The molecule has 0 saturated heterocycles. The van der Waals surface area contributed by atoms with E-state index in [1.54, 1.807) is 0 Å². The van der Waals surface area contributed by atoms with E-state index in [2.05, 4.69) is 30.4 Å². The molecule has 2 aromatic rings. The Morgan fingerprint density at radius 2 is 2.45 bits per heavy atom. The molecular formula is C12H16N6OS. The predicted octanol–water partition coefficient (Wildman–Crippen LogP) is 1.43. The smallest absolute Gasteiger partial charge is 0.321 e. The van der Waals surface area contributed by atoms with Gasteiger partial charge in [-0.05, 0) is 19.3 Å². The molecule has 0 fully saturated rings. The molecular weight excluding hydrogens is 276 g/mol. The summed E-state index contributed by atoms with van der Waals surface area (Å²) in [6.07, 6.45) is 5.84. The number of aryl methyl sites for hydroxylation is 2. The van der Waals surface area contributed by atoms with E-state index in [0.717, 1.165) is 30.2 Å². The number of hydrogen-bond donors (Lipinski definition) is 2. The van der Waals surface area contributed by atoms with Crippen molar-refractivity contribution in [1.29, 1.82) is 0 Å². The van der Waals surface area contributed by atoms with E-state index in [1.807, 2.05) is 19.3 Å². The van der Waals surface area contributed by atoms with Gasteiger partial charge in [-0.25, -0.2) is 9.78 Å². The Kier molecular flexibility index (Phi) is 3.64. The van der Waals surface area contributed by atoms with Gasteiger partial charge in [-0.2, -0.15) is 0 Å². The summed E-state index contributed by atoms with van der Waals surface area (Å²) in [6, 6.07) is -0.224. The predicted molar refractivity (Wildman–Crippen MR) is 75.7 cm³/mol. The van der Waals surface area contributed by atoms with Gasteiger partial charge in [0.05, 0.1) is 0 Å². The summed E-state index contributed by atoms with van der Waals surface area (Å²) >= 11 is 1.36. The Morgan fingerprint density at radius 3 is 3.25 bits per heavy atom. The lowest BCUT2D eigenvalue weighted by atomic mass is 9.99. The number of carbonyl (C=O) groups excluding carboxylic acids is 1. The highest BCUT2D eigenvalue weighted by Gasteiger charge is 2.19. The van der Waals surface area contributed by atoms with Crippen molar-refractivity contribution in [2.75, 3.05) is 11.9 Å². The SMILES string of the molecule is Cc1nnc(NC(=O)NC[C@H]2CCc3nccn3C2)s1. The van der Waals surface area contributed by atoms with Crippen LogP contribution in [0.1, 0.15) is 17.3 Å². The van der Waals surface area contributed by atoms with Crippen LogP contribution in [0.4, 0.5) is 9.93 Å². The van der Waals surface area contributed by atoms with Crippen molar-refractivity contribution in [3.05, 3.63) is 23.2 Å². The highest BCUT2D eigenvalue weighted by molar-refractivity contribution is 7.15. The van der Waals surface area contributed by atoms with Crippen molar-refractivity contribution >= 4 is 22.5 Å². The van der Waals surface area contributed by atoms with Crippen LogP contribution in [-0.2, 0) is 13.0 Å². The van der Waals surface area contributed by atoms with Crippen molar-refractivity contribution in [3.8, 4) is 0 Å². The van der Waals surface area contributed by atoms with Gasteiger partial charge in [-0.1, -0.05) is 11.3 Å². The molecule has 106 valence electrons. The molecule has 0 aromatic carbocycles. The average Bonchev–Trinajstić information content (AvgIpc) is 3.04. The summed E-state index contributed by atoms with van der Waals surface area (Å²) < 4.78 is 2.15. The number of nitrogens with zero attached hydrogens (tertiary/aromatic N) is 4. The fourth-order valence-corrected chi connectivity index (χ4v) is 2.92. The van der Waals surface area contributed by atoms with Gasteiger partial charge in [0.1, 0.15) is 10.8 Å². The number of aromatic nitrogens is 4. The Bertz CT molecular complexity index is 607. The molecule has 0 bridgehead atoms. The number of nitrogens with one attached hydrogen (secondary N) is 2. The molecule has 0 saturated carbocycles. The average molecular weight is 292 g/mol. The van der Waals surface area contributed by atoms with Gasteiger partial charge in [0.25, 0.3) is 0 Å². The van der Waals surface area contributed by atoms with Crippen molar-refractivity contribution < 1.29 is 4.79 Å². The standard InChI is InChI=1S/C12H16N6OS/c1-8-16-17-12(20-8)15-11(19)14-6-9-2-3-10-13-4-5-18(10)7-9/h4-5,9H,2-3,6-7H2,1H3,(H2,14,15,17,19)/t9-/m1/s1. The van der Waals surface area contributed by atoms with Crippen molar-refractivity contribution in [2.24, 2.45) is 5.92 Å². The third kappa shape index (κ3) is 2.96. The van der Waals surface area contributed by atoms with Crippen molar-refractivity contribution in [2.45, 2.75) is 26.3 Å².